The van der Waals surface area contributed by atoms with Crippen LogP contribution in [0.3, 0.4) is 0 Å². The second-order valence-corrected chi connectivity index (χ2v) is 12.6. The van der Waals surface area contributed by atoms with Crippen molar-refractivity contribution >= 4 is 33.0 Å². The number of aryl methyl sites for hydroxylation is 1. The van der Waals surface area contributed by atoms with Gasteiger partial charge in [-0.15, -0.1) is 11.3 Å². The number of hydrogen-bond acceptors (Lipinski definition) is 4. The standard InChI is InChI=1S/C19H31NO4SSi/c1-18(2,3)26-24-19(4,5)15-10-11-16(21)20(15)12-6-7-13-8-9-14(25-13)17(22)23/h8-9,15H,6-7,10-12,26H2,1-5H3,(H,22,23)/t15-/m1/s1. The van der Waals surface area contributed by atoms with Gasteiger partial charge in [0.2, 0.25) is 5.91 Å². The summed E-state index contributed by atoms with van der Waals surface area (Å²) in [4.78, 5) is 26.8. The molecule has 0 saturated carbocycles. The summed E-state index contributed by atoms with van der Waals surface area (Å²) in [5.41, 5.74) is -0.314. The highest BCUT2D eigenvalue weighted by Gasteiger charge is 2.41. The van der Waals surface area contributed by atoms with E-state index < -0.39 is 15.7 Å². The maximum atomic E-state index is 12.4. The van der Waals surface area contributed by atoms with Crippen LogP contribution in [0, 0.1) is 0 Å². The SMILES string of the molecule is CC(C)(C)[SiH2]OC(C)(C)[C@H]1CCC(=O)N1CCCc1ccc(C(=O)O)s1. The van der Waals surface area contributed by atoms with Gasteiger partial charge in [0.15, 0.2) is 9.76 Å². The summed E-state index contributed by atoms with van der Waals surface area (Å²) in [7, 11) is -0.686. The summed E-state index contributed by atoms with van der Waals surface area (Å²) in [5, 5.41) is 9.24. The smallest absolute Gasteiger partial charge is 0.345 e. The van der Waals surface area contributed by atoms with Gasteiger partial charge in [0.1, 0.15) is 4.88 Å². The van der Waals surface area contributed by atoms with Crippen molar-refractivity contribution in [3.8, 4) is 0 Å². The molecule has 1 N–H and O–H groups in total. The zero-order chi connectivity index (χ0) is 19.5. The predicted octanol–water partition coefficient (Wildman–Crippen LogP) is 3.47. The van der Waals surface area contributed by atoms with Crippen LogP contribution in [0.5, 0.6) is 0 Å². The highest BCUT2D eigenvalue weighted by Crippen LogP contribution is 2.33. The molecule has 1 saturated heterocycles. The van der Waals surface area contributed by atoms with Crippen LogP contribution in [0.1, 0.15) is 68.4 Å². The van der Waals surface area contributed by atoms with Gasteiger partial charge in [-0.3, -0.25) is 4.79 Å². The van der Waals surface area contributed by atoms with Gasteiger partial charge in [0, 0.05) is 17.8 Å². The topological polar surface area (TPSA) is 66.8 Å². The number of likely N-dealkylation sites (tertiary alicyclic amines) is 1. The highest BCUT2D eigenvalue weighted by atomic mass is 32.1. The molecular weight excluding hydrogens is 366 g/mol. The number of nitrogens with zero attached hydrogens (tertiary/aromatic N) is 1. The Morgan fingerprint density at radius 2 is 2.04 bits per heavy atom. The van der Waals surface area contributed by atoms with Gasteiger partial charge < -0.3 is 14.4 Å². The molecule has 0 bridgehead atoms. The van der Waals surface area contributed by atoms with E-state index in [4.69, 9.17) is 9.53 Å². The van der Waals surface area contributed by atoms with Crippen LogP contribution in [0.15, 0.2) is 12.1 Å². The molecular formula is C19H31NO4SSi. The minimum atomic E-state index is -0.877. The number of carboxylic acids is 1. The summed E-state index contributed by atoms with van der Waals surface area (Å²) in [5.74, 6) is -0.667. The maximum absolute atomic E-state index is 12.4. The average molecular weight is 398 g/mol. The van der Waals surface area contributed by atoms with Crippen molar-refractivity contribution in [2.75, 3.05) is 6.54 Å². The third kappa shape index (κ3) is 5.66. The fraction of sp³-hybridized carbons (Fsp3) is 0.684. The third-order valence-electron chi connectivity index (χ3n) is 4.70. The average Bonchev–Trinajstić information content (AvgIpc) is 3.13. The lowest BCUT2D eigenvalue weighted by Crippen LogP contribution is -2.50. The Kier molecular flexibility index (Phi) is 6.68. The van der Waals surface area contributed by atoms with Crippen molar-refractivity contribution < 1.29 is 19.1 Å². The van der Waals surface area contributed by atoms with E-state index in [1.165, 1.54) is 11.3 Å². The van der Waals surface area contributed by atoms with Crippen molar-refractivity contribution in [1.82, 2.24) is 4.90 Å². The molecule has 0 radical (unpaired) electrons. The van der Waals surface area contributed by atoms with Crippen LogP contribution in [-0.4, -0.2) is 49.8 Å². The lowest BCUT2D eigenvalue weighted by Gasteiger charge is -2.39. The Morgan fingerprint density at radius 1 is 1.35 bits per heavy atom. The van der Waals surface area contributed by atoms with Gasteiger partial charge in [0.05, 0.1) is 11.6 Å². The Balaban J connectivity index is 1.92. The first kappa shape index (κ1) is 21.1. The number of carbonyl (C=O) groups excluding carboxylic acids is 1. The minimum absolute atomic E-state index is 0.128. The molecule has 0 spiro atoms. The molecule has 1 aliphatic rings. The second-order valence-electron chi connectivity index (χ2n) is 8.77. The van der Waals surface area contributed by atoms with E-state index in [0.717, 1.165) is 24.1 Å². The molecule has 2 heterocycles. The number of thiophene rings is 1. The van der Waals surface area contributed by atoms with Gasteiger partial charge >= 0.3 is 5.97 Å². The fourth-order valence-electron chi connectivity index (χ4n) is 3.29. The predicted molar refractivity (Wildman–Crippen MR) is 108 cm³/mol. The van der Waals surface area contributed by atoms with Crippen LogP contribution in [0.2, 0.25) is 5.04 Å². The van der Waals surface area contributed by atoms with E-state index in [0.29, 0.717) is 17.8 Å². The molecule has 7 heteroatoms. The number of carboxylic acid groups (broad SMARTS) is 1. The highest BCUT2D eigenvalue weighted by molar-refractivity contribution is 7.13. The van der Waals surface area contributed by atoms with Crippen molar-refractivity contribution in [2.24, 2.45) is 0 Å². The van der Waals surface area contributed by atoms with Crippen molar-refractivity contribution in [3.63, 3.8) is 0 Å². The number of amides is 1. The molecule has 146 valence electrons. The first-order valence-corrected chi connectivity index (χ1v) is 11.4. The summed E-state index contributed by atoms with van der Waals surface area (Å²) in [6, 6.07) is 3.65. The monoisotopic (exact) mass is 397 g/mol. The summed E-state index contributed by atoms with van der Waals surface area (Å²) < 4.78 is 6.33. The second kappa shape index (κ2) is 8.23. The molecule has 26 heavy (non-hydrogen) atoms. The Labute approximate surface area is 162 Å². The van der Waals surface area contributed by atoms with E-state index in [-0.39, 0.29) is 22.6 Å². The van der Waals surface area contributed by atoms with Crippen molar-refractivity contribution in [1.29, 1.82) is 0 Å². The molecule has 1 aromatic rings. The zero-order valence-corrected chi connectivity index (χ0v) is 18.7. The normalized spacial score (nSPS) is 19.0. The van der Waals surface area contributed by atoms with Gasteiger partial charge in [0.25, 0.3) is 0 Å². The lowest BCUT2D eigenvalue weighted by atomic mass is 9.96. The van der Waals surface area contributed by atoms with E-state index in [9.17, 15) is 9.59 Å². The van der Waals surface area contributed by atoms with Crippen LogP contribution in [0.4, 0.5) is 0 Å². The van der Waals surface area contributed by atoms with Crippen LogP contribution >= 0.6 is 11.3 Å². The van der Waals surface area contributed by atoms with Gasteiger partial charge in [-0.25, -0.2) is 4.79 Å². The van der Waals surface area contributed by atoms with Gasteiger partial charge in [-0.2, -0.15) is 0 Å². The minimum Gasteiger partial charge on any atom is -0.477 e. The van der Waals surface area contributed by atoms with Crippen LogP contribution < -0.4 is 0 Å². The van der Waals surface area contributed by atoms with E-state index >= 15 is 0 Å². The van der Waals surface area contributed by atoms with Crippen molar-refractivity contribution in [3.05, 3.63) is 21.9 Å². The van der Waals surface area contributed by atoms with Crippen molar-refractivity contribution in [2.45, 2.75) is 77.0 Å². The Hall–Kier alpha value is -1.18. The molecule has 0 unspecified atom stereocenters. The molecule has 5 nitrogen and oxygen atoms in total. The number of carbonyl (C=O) groups is 2. The molecule has 2 rings (SSSR count). The Bertz CT molecular complexity index is 650. The lowest BCUT2D eigenvalue weighted by molar-refractivity contribution is -0.131. The maximum Gasteiger partial charge on any atom is 0.345 e. The number of hydrogen-bond donors (Lipinski definition) is 1. The van der Waals surface area contributed by atoms with E-state index in [1.807, 2.05) is 11.0 Å². The number of rotatable bonds is 8. The first-order chi connectivity index (χ1) is 12.0. The zero-order valence-electron chi connectivity index (χ0n) is 16.5. The summed E-state index contributed by atoms with van der Waals surface area (Å²) in [6.45, 7) is 11.5. The summed E-state index contributed by atoms with van der Waals surface area (Å²) >= 11 is 1.32. The molecule has 0 aromatic carbocycles. The van der Waals surface area contributed by atoms with E-state index in [2.05, 4.69) is 34.6 Å². The molecule has 0 aliphatic carbocycles. The molecule has 1 atom stereocenters. The molecule has 1 fully saturated rings. The fourth-order valence-corrected chi connectivity index (χ4v) is 5.17. The van der Waals surface area contributed by atoms with Crippen LogP contribution in [0.25, 0.3) is 0 Å². The van der Waals surface area contributed by atoms with E-state index in [1.54, 1.807) is 6.07 Å². The molecule has 1 amide bonds. The molecule has 1 aliphatic heterocycles. The summed E-state index contributed by atoms with van der Waals surface area (Å²) in [6.07, 6.45) is 3.09. The molecule has 1 aromatic heterocycles. The largest absolute Gasteiger partial charge is 0.477 e. The quantitative estimate of drug-likeness (QED) is 0.682. The van der Waals surface area contributed by atoms with Crippen LogP contribution in [-0.2, 0) is 15.6 Å². The number of aromatic carboxylic acids is 1. The van der Waals surface area contributed by atoms with Gasteiger partial charge in [-0.1, -0.05) is 20.8 Å². The Morgan fingerprint density at radius 3 is 2.62 bits per heavy atom. The third-order valence-corrected chi connectivity index (χ3v) is 7.59. The van der Waals surface area contributed by atoms with Gasteiger partial charge in [-0.05, 0) is 50.3 Å². The first-order valence-electron chi connectivity index (χ1n) is 9.25.